The van der Waals surface area contributed by atoms with Gasteiger partial charge in [0.1, 0.15) is 5.82 Å². The number of hydrogen-bond acceptors (Lipinski definition) is 3. The van der Waals surface area contributed by atoms with Crippen molar-refractivity contribution < 1.29 is 0 Å². The Labute approximate surface area is 143 Å². The Morgan fingerprint density at radius 2 is 1.04 bits per heavy atom. The highest BCUT2D eigenvalue weighted by Gasteiger charge is 1.97. The smallest absolute Gasteiger partial charge is 0.148 e. The van der Waals surface area contributed by atoms with Crippen LogP contribution in [0.3, 0.4) is 0 Å². The molecule has 0 radical (unpaired) electrons. The highest BCUT2D eigenvalue weighted by Crippen LogP contribution is 2.13. The van der Waals surface area contributed by atoms with Crippen LogP contribution in [0.2, 0.25) is 0 Å². The number of aromatic nitrogens is 4. The van der Waals surface area contributed by atoms with Gasteiger partial charge in [-0.05, 0) is 16.8 Å². The number of aromatic amines is 1. The van der Waals surface area contributed by atoms with E-state index < -0.39 is 0 Å². The van der Waals surface area contributed by atoms with Crippen LogP contribution in [0.25, 0.3) is 0 Å². The maximum atomic E-state index is 3.91. The molecule has 0 amide bonds. The number of nitrogens with zero attached hydrogens (tertiary/aromatic N) is 3. The van der Waals surface area contributed by atoms with Gasteiger partial charge in [-0.25, -0.2) is 5.10 Å². The molecule has 23 heavy (non-hydrogen) atoms. The molecular weight excluding hydrogens is 284 g/mol. The molecule has 0 fully saturated rings. The van der Waals surface area contributed by atoms with Crippen LogP contribution < -0.4 is 0 Å². The van der Waals surface area contributed by atoms with Crippen molar-refractivity contribution in [2.45, 2.75) is 116 Å². The molecule has 0 spiro atoms. The van der Waals surface area contributed by atoms with E-state index in [0.717, 1.165) is 12.2 Å². The molecule has 0 bridgehead atoms. The molecule has 1 heterocycles. The summed E-state index contributed by atoms with van der Waals surface area (Å²) >= 11 is 0. The lowest BCUT2D eigenvalue weighted by Crippen LogP contribution is -1.89. The van der Waals surface area contributed by atoms with Crippen molar-refractivity contribution in [1.29, 1.82) is 0 Å². The van der Waals surface area contributed by atoms with Crippen LogP contribution in [0.4, 0.5) is 0 Å². The Morgan fingerprint density at radius 1 is 0.609 bits per heavy atom. The van der Waals surface area contributed by atoms with Crippen LogP contribution in [0.5, 0.6) is 0 Å². The lowest BCUT2D eigenvalue weighted by molar-refractivity contribution is 0.529. The van der Waals surface area contributed by atoms with Gasteiger partial charge in [-0.15, -0.1) is 5.10 Å². The van der Waals surface area contributed by atoms with Crippen LogP contribution in [0, 0.1) is 0 Å². The van der Waals surface area contributed by atoms with E-state index in [1.54, 1.807) is 0 Å². The third kappa shape index (κ3) is 13.2. The van der Waals surface area contributed by atoms with E-state index in [1.807, 2.05) is 0 Å². The Morgan fingerprint density at radius 3 is 1.43 bits per heavy atom. The van der Waals surface area contributed by atoms with Crippen LogP contribution in [-0.4, -0.2) is 20.6 Å². The molecule has 0 saturated heterocycles. The molecule has 1 aromatic rings. The summed E-state index contributed by atoms with van der Waals surface area (Å²) in [6.07, 6.45) is 23.5. The number of nitrogens with one attached hydrogen (secondary N) is 1. The Hall–Kier alpha value is -0.930. The molecule has 1 rings (SSSR count). The fourth-order valence-corrected chi connectivity index (χ4v) is 3.13. The van der Waals surface area contributed by atoms with Gasteiger partial charge in [0.25, 0.3) is 0 Å². The zero-order valence-corrected chi connectivity index (χ0v) is 15.4. The molecule has 0 atom stereocenters. The topological polar surface area (TPSA) is 54.5 Å². The van der Waals surface area contributed by atoms with Gasteiger partial charge in [-0.1, -0.05) is 103 Å². The van der Waals surface area contributed by atoms with Gasteiger partial charge in [-0.2, -0.15) is 0 Å². The van der Waals surface area contributed by atoms with Crippen LogP contribution in [-0.2, 0) is 6.42 Å². The van der Waals surface area contributed by atoms with Crippen molar-refractivity contribution in [3.05, 3.63) is 5.82 Å². The lowest BCUT2D eigenvalue weighted by Gasteiger charge is -2.03. The van der Waals surface area contributed by atoms with E-state index >= 15 is 0 Å². The van der Waals surface area contributed by atoms with Gasteiger partial charge in [0.2, 0.25) is 0 Å². The summed E-state index contributed by atoms with van der Waals surface area (Å²) in [5.41, 5.74) is 0. The molecular formula is C19H38N4. The van der Waals surface area contributed by atoms with Crippen molar-refractivity contribution in [2.24, 2.45) is 0 Å². The fourth-order valence-electron chi connectivity index (χ4n) is 3.13. The number of aryl methyl sites for hydroxylation is 1. The molecule has 0 saturated carbocycles. The molecule has 1 aromatic heterocycles. The number of H-pyrrole nitrogens is 1. The number of tetrazole rings is 1. The maximum absolute atomic E-state index is 3.91. The minimum atomic E-state index is 0.926. The van der Waals surface area contributed by atoms with E-state index in [4.69, 9.17) is 0 Å². The molecule has 0 unspecified atom stereocenters. The molecule has 0 aliphatic heterocycles. The average Bonchev–Trinajstić information content (AvgIpc) is 3.08. The number of unbranched alkanes of at least 4 members (excludes halogenated alkanes) is 15. The van der Waals surface area contributed by atoms with Crippen molar-refractivity contribution in [2.75, 3.05) is 0 Å². The molecule has 0 aliphatic carbocycles. The third-order valence-electron chi connectivity index (χ3n) is 4.66. The zero-order valence-electron chi connectivity index (χ0n) is 15.4. The molecule has 4 nitrogen and oxygen atoms in total. The quantitative estimate of drug-likeness (QED) is 0.358. The zero-order chi connectivity index (χ0) is 16.4. The van der Waals surface area contributed by atoms with E-state index in [9.17, 15) is 0 Å². The van der Waals surface area contributed by atoms with Gasteiger partial charge in [0.05, 0.1) is 0 Å². The summed E-state index contributed by atoms with van der Waals surface area (Å²) in [6.45, 7) is 2.29. The first-order chi connectivity index (χ1) is 11.4. The molecule has 134 valence electrons. The SMILES string of the molecule is CCCCCCCCCCCCCCCCCCc1nnn[nH]1. The normalized spacial score (nSPS) is 11.2. The largest absolute Gasteiger partial charge is 0.243 e. The second kappa shape index (κ2) is 15.9. The van der Waals surface area contributed by atoms with Crippen molar-refractivity contribution in [3.63, 3.8) is 0 Å². The first-order valence-electron chi connectivity index (χ1n) is 10.2. The first-order valence-corrected chi connectivity index (χ1v) is 10.2. The molecule has 0 aromatic carbocycles. The summed E-state index contributed by atoms with van der Waals surface area (Å²) in [7, 11) is 0. The van der Waals surface area contributed by atoms with E-state index in [0.29, 0.717) is 0 Å². The second-order valence-corrected chi connectivity index (χ2v) is 6.90. The fraction of sp³-hybridized carbons (Fsp3) is 0.947. The van der Waals surface area contributed by atoms with Crippen molar-refractivity contribution in [3.8, 4) is 0 Å². The monoisotopic (exact) mass is 322 g/mol. The van der Waals surface area contributed by atoms with Gasteiger partial charge in [0, 0.05) is 6.42 Å². The van der Waals surface area contributed by atoms with Crippen molar-refractivity contribution >= 4 is 0 Å². The summed E-state index contributed by atoms with van der Waals surface area (Å²) in [4.78, 5) is 0. The summed E-state index contributed by atoms with van der Waals surface area (Å²) < 4.78 is 0. The van der Waals surface area contributed by atoms with Gasteiger partial charge < -0.3 is 0 Å². The van der Waals surface area contributed by atoms with Crippen LogP contribution in [0.15, 0.2) is 0 Å². The molecule has 4 heteroatoms. The molecule has 1 N–H and O–H groups in total. The Bertz CT molecular complexity index is 324. The third-order valence-corrected chi connectivity index (χ3v) is 4.66. The predicted molar refractivity (Wildman–Crippen MR) is 97.4 cm³/mol. The van der Waals surface area contributed by atoms with Gasteiger partial charge in [0.15, 0.2) is 0 Å². The minimum Gasteiger partial charge on any atom is -0.243 e. The lowest BCUT2D eigenvalue weighted by atomic mass is 10.0. The summed E-state index contributed by atoms with van der Waals surface area (Å²) in [5, 5.41) is 13.9. The Kier molecular flexibility index (Phi) is 13.9. The van der Waals surface area contributed by atoms with E-state index in [2.05, 4.69) is 27.5 Å². The number of hydrogen-bond donors (Lipinski definition) is 1. The standard InChI is InChI=1S/C19H38N4/c1-2-3-4-5-6-7-8-9-10-11-12-13-14-15-16-17-18-19-20-22-23-21-19/h2-18H2,1H3,(H,20,21,22,23). The molecule has 0 aliphatic rings. The van der Waals surface area contributed by atoms with Crippen LogP contribution >= 0.6 is 0 Å². The predicted octanol–water partition coefficient (Wildman–Crippen LogP) is 6.00. The van der Waals surface area contributed by atoms with Crippen LogP contribution in [0.1, 0.15) is 115 Å². The average molecular weight is 323 g/mol. The van der Waals surface area contributed by atoms with Gasteiger partial charge in [-0.3, -0.25) is 0 Å². The minimum absolute atomic E-state index is 0.926. The van der Waals surface area contributed by atoms with Crippen molar-refractivity contribution in [1.82, 2.24) is 20.6 Å². The summed E-state index contributed by atoms with van der Waals surface area (Å²) in [5.74, 6) is 0.926. The highest BCUT2D eigenvalue weighted by atomic mass is 15.5. The van der Waals surface area contributed by atoms with E-state index in [-0.39, 0.29) is 0 Å². The maximum Gasteiger partial charge on any atom is 0.148 e. The van der Waals surface area contributed by atoms with E-state index in [1.165, 1.54) is 103 Å². The Balaban J connectivity index is 1.67. The second-order valence-electron chi connectivity index (χ2n) is 6.90. The first kappa shape index (κ1) is 20.1. The van der Waals surface area contributed by atoms with Gasteiger partial charge >= 0.3 is 0 Å². The number of rotatable bonds is 17. The highest BCUT2D eigenvalue weighted by molar-refractivity contribution is 4.74. The summed E-state index contributed by atoms with van der Waals surface area (Å²) in [6, 6.07) is 0.